The fourth-order valence-electron chi connectivity index (χ4n) is 1.18. The highest BCUT2D eigenvalue weighted by atomic mass is 14.9. The molecule has 0 saturated carbocycles. The maximum absolute atomic E-state index is 4.16. The topological polar surface area (TPSA) is 28.7 Å². The Bertz CT molecular complexity index is 324. The highest BCUT2D eigenvalue weighted by Crippen LogP contribution is 2.03. The van der Waals surface area contributed by atoms with Crippen LogP contribution in [0.1, 0.15) is 18.8 Å². The molecule has 13 heavy (non-hydrogen) atoms. The Balaban J connectivity index is 0.000000845. The zero-order chi connectivity index (χ0) is 8.23. The fraction of sp³-hybridized carbons (Fsp3) is 0.182. The number of nitrogens with zero attached hydrogens (tertiary/aromatic N) is 1. The lowest BCUT2D eigenvalue weighted by Crippen LogP contribution is -1.89. The molecular weight excluding hydrogens is 160 g/mol. The van der Waals surface area contributed by atoms with Gasteiger partial charge in [0.05, 0.1) is 0 Å². The van der Waals surface area contributed by atoms with E-state index in [1.807, 2.05) is 24.4 Å². The molecule has 2 nitrogen and oxygen atoms in total. The van der Waals surface area contributed by atoms with Crippen molar-refractivity contribution in [1.29, 1.82) is 0 Å². The summed E-state index contributed by atoms with van der Waals surface area (Å²) in [6.45, 7) is 0. The number of rotatable bonds is 2. The average Bonchev–Trinajstić information content (AvgIpc) is 2.59. The van der Waals surface area contributed by atoms with E-state index in [-0.39, 0.29) is 7.43 Å². The maximum Gasteiger partial charge on any atom is 0.110 e. The smallest absolute Gasteiger partial charge is 0.110 e. The summed E-state index contributed by atoms with van der Waals surface area (Å²) in [5.41, 5.74) is 1.28. The summed E-state index contributed by atoms with van der Waals surface area (Å²) in [5.74, 6) is 1.02. The number of hydrogen-bond acceptors (Lipinski definition) is 1. The molecule has 1 aromatic heterocycles. The minimum Gasteiger partial charge on any atom is -0.348 e. The standard InChI is InChI=1S/C10H10N2.CH4/c1-2-4-9(5-3-1)8-10-11-6-7-12-10;/h1-7H,8H2,(H,11,12);1H4. The molecule has 0 atom stereocenters. The summed E-state index contributed by atoms with van der Waals surface area (Å²) >= 11 is 0. The van der Waals surface area contributed by atoms with Crippen LogP contribution < -0.4 is 0 Å². The molecule has 0 unspecified atom stereocenters. The van der Waals surface area contributed by atoms with Gasteiger partial charge in [-0.25, -0.2) is 4.98 Å². The van der Waals surface area contributed by atoms with Gasteiger partial charge in [0.2, 0.25) is 0 Å². The van der Waals surface area contributed by atoms with Gasteiger partial charge < -0.3 is 4.98 Å². The lowest BCUT2D eigenvalue weighted by molar-refractivity contribution is 1.03. The number of aromatic nitrogens is 2. The van der Waals surface area contributed by atoms with Gasteiger partial charge in [0.15, 0.2) is 0 Å². The second-order valence-corrected chi connectivity index (χ2v) is 2.70. The highest BCUT2D eigenvalue weighted by Gasteiger charge is 1.95. The molecule has 1 N–H and O–H groups in total. The first-order chi connectivity index (χ1) is 5.95. The van der Waals surface area contributed by atoms with Crippen LogP contribution >= 0.6 is 0 Å². The molecule has 0 saturated heterocycles. The van der Waals surface area contributed by atoms with Crippen molar-refractivity contribution in [3.63, 3.8) is 0 Å². The second kappa shape index (κ2) is 4.45. The van der Waals surface area contributed by atoms with Gasteiger partial charge in [-0.1, -0.05) is 37.8 Å². The first kappa shape index (κ1) is 9.52. The quantitative estimate of drug-likeness (QED) is 0.745. The fourth-order valence-corrected chi connectivity index (χ4v) is 1.18. The number of imidazole rings is 1. The molecule has 2 aromatic rings. The zero-order valence-electron chi connectivity index (χ0n) is 6.70. The van der Waals surface area contributed by atoms with Crippen molar-refractivity contribution in [3.05, 3.63) is 54.1 Å². The Morgan fingerprint density at radius 2 is 1.92 bits per heavy atom. The molecule has 0 amide bonds. The third-order valence-electron chi connectivity index (χ3n) is 1.77. The predicted octanol–water partition coefficient (Wildman–Crippen LogP) is 2.64. The minimum absolute atomic E-state index is 0. The van der Waals surface area contributed by atoms with Crippen LogP contribution in [0.25, 0.3) is 0 Å². The Morgan fingerprint density at radius 3 is 2.54 bits per heavy atom. The van der Waals surface area contributed by atoms with Crippen molar-refractivity contribution < 1.29 is 0 Å². The van der Waals surface area contributed by atoms with E-state index < -0.39 is 0 Å². The molecule has 0 radical (unpaired) electrons. The minimum atomic E-state index is 0. The third kappa shape index (κ3) is 2.44. The Kier molecular flexibility index (Phi) is 3.26. The number of benzene rings is 1. The molecule has 0 aliphatic carbocycles. The Hall–Kier alpha value is -1.57. The van der Waals surface area contributed by atoms with E-state index >= 15 is 0 Å². The van der Waals surface area contributed by atoms with Crippen LogP contribution in [-0.2, 0) is 6.42 Å². The van der Waals surface area contributed by atoms with E-state index in [9.17, 15) is 0 Å². The van der Waals surface area contributed by atoms with E-state index in [0.717, 1.165) is 12.2 Å². The predicted molar refractivity (Wildman–Crippen MR) is 54.6 cm³/mol. The molecule has 0 bridgehead atoms. The maximum atomic E-state index is 4.16. The van der Waals surface area contributed by atoms with Crippen LogP contribution in [0.3, 0.4) is 0 Å². The summed E-state index contributed by atoms with van der Waals surface area (Å²) in [6, 6.07) is 10.3. The largest absolute Gasteiger partial charge is 0.348 e. The highest BCUT2D eigenvalue weighted by molar-refractivity contribution is 5.18. The van der Waals surface area contributed by atoms with Crippen molar-refractivity contribution in [3.8, 4) is 0 Å². The van der Waals surface area contributed by atoms with Gasteiger partial charge in [0.25, 0.3) is 0 Å². The van der Waals surface area contributed by atoms with Crippen LogP contribution in [-0.4, -0.2) is 9.97 Å². The molecule has 0 fully saturated rings. The number of nitrogens with one attached hydrogen (secondary N) is 1. The number of hydrogen-bond donors (Lipinski definition) is 1. The molecule has 0 spiro atoms. The van der Waals surface area contributed by atoms with Crippen LogP contribution in [0.2, 0.25) is 0 Å². The normalized spacial score (nSPS) is 9.23. The number of aromatic amines is 1. The summed E-state index contributed by atoms with van der Waals surface area (Å²) in [5, 5.41) is 0. The van der Waals surface area contributed by atoms with Crippen molar-refractivity contribution in [2.45, 2.75) is 13.8 Å². The van der Waals surface area contributed by atoms with E-state index in [0.29, 0.717) is 0 Å². The van der Waals surface area contributed by atoms with Gasteiger partial charge in [0, 0.05) is 18.8 Å². The van der Waals surface area contributed by atoms with Crippen LogP contribution in [0.5, 0.6) is 0 Å². The van der Waals surface area contributed by atoms with Gasteiger partial charge in [0.1, 0.15) is 5.82 Å². The van der Waals surface area contributed by atoms with Crippen molar-refractivity contribution in [1.82, 2.24) is 9.97 Å². The van der Waals surface area contributed by atoms with Crippen molar-refractivity contribution in [2.24, 2.45) is 0 Å². The van der Waals surface area contributed by atoms with Gasteiger partial charge in [-0.3, -0.25) is 0 Å². The van der Waals surface area contributed by atoms with Gasteiger partial charge in [-0.05, 0) is 5.56 Å². The van der Waals surface area contributed by atoms with Crippen molar-refractivity contribution in [2.75, 3.05) is 0 Å². The molecule has 68 valence electrons. The van der Waals surface area contributed by atoms with E-state index in [4.69, 9.17) is 0 Å². The van der Waals surface area contributed by atoms with Crippen LogP contribution in [0, 0.1) is 0 Å². The van der Waals surface area contributed by atoms with Crippen LogP contribution in [0.15, 0.2) is 42.7 Å². The SMILES string of the molecule is C.c1ccc(Cc2ncc[nH]2)cc1. The summed E-state index contributed by atoms with van der Waals surface area (Å²) in [4.78, 5) is 7.23. The van der Waals surface area contributed by atoms with E-state index in [1.165, 1.54) is 5.56 Å². The first-order valence-electron chi connectivity index (χ1n) is 3.97. The van der Waals surface area contributed by atoms with Crippen molar-refractivity contribution >= 4 is 0 Å². The molecule has 0 aliphatic rings. The first-order valence-corrected chi connectivity index (χ1v) is 3.97. The zero-order valence-corrected chi connectivity index (χ0v) is 6.70. The monoisotopic (exact) mass is 174 g/mol. The molecule has 1 heterocycles. The molecule has 0 aliphatic heterocycles. The van der Waals surface area contributed by atoms with Gasteiger partial charge >= 0.3 is 0 Å². The molecule has 2 heteroatoms. The molecule has 2 rings (SSSR count). The Morgan fingerprint density at radius 1 is 1.15 bits per heavy atom. The second-order valence-electron chi connectivity index (χ2n) is 2.70. The van der Waals surface area contributed by atoms with Gasteiger partial charge in [-0.15, -0.1) is 0 Å². The summed E-state index contributed by atoms with van der Waals surface area (Å²) in [7, 11) is 0. The number of H-pyrrole nitrogens is 1. The lowest BCUT2D eigenvalue weighted by Gasteiger charge is -1.95. The molecular formula is C11H14N2. The molecule has 1 aromatic carbocycles. The summed E-state index contributed by atoms with van der Waals surface area (Å²) < 4.78 is 0. The lowest BCUT2D eigenvalue weighted by atomic mass is 10.1. The van der Waals surface area contributed by atoms with E-state index in [2.05, 4.69) is 22.1 Å². The van der Waals surface area contributed by atoms with Crippen LogP contribution in [0.4, 0.5) is 0 Å². The summed E-state index contributed by atoms with van der Waals surface area (Å²) in [6.07, 6.45) is 4.50. The van der Waals surface area contributed by atoms with E-state index in [1.54, 1.807) is 6.20 Å². The third-order valence-corrected chi connectivity index (χ3v) is 1.77. The average molecular weight is 174 g/mol. The Labute approximate surface area is 78.7 Å². The van der Waals surface area contributed by atoms with Gasteiger partial charge in [-0.2, -0.15) is 0 Å².